The van der Waals surface area contributed by atoms with E-state index in [9.17, 15) is 13.2 Å². The van der Waals surface area contributed by atoms with Crippen LogP contribution in [0.25, 0.3) is 0 Å². The SMILES string of the molecule is CC(C)c1cccc(OCC(C(=N)N)C(F)(F)F)c1. The van der Waals surface area contributed by atoms with Gasteiger partial charge in [-0.25, -0.2) is 0 Å². The lowest BCUT2D eigenvalue weighted by molar-refractivity contribution is -0.162. The highest BCUT2D eigenvalue weighted by Crippen LogP contribution is 2.27. The fourth-order valence-corrected chi connectivity index (χ4v) is 1.50. The summed E-state index contributed by atoms with van der Waals surface area (Å²) >= 11 is 0. The number of rotatable bonds is 5. The summed E-state index contributed by atoms with van der Waals surface area (Å²) in [6, 6.07) is 6.88. The topological polar surface area (TPSA) is 59.1 Å². The first-order chi connectivity index (χ1) is 8.71. The fourth-order valence-electron chi connectivity index (χ4n) is 1.50. The molecule has 1 atom stereocenters. The third-order valence-electron chi connectivity index (χ3n) is 2.71. The van der Waals surface area contributed by atoms with Crippen LogP contribution in [0.2, 0.25) is 0 Å². The molecule has 0 aliphatic heterocycles. The first-order valence-corrected chi connectivity index (χ1v) is 5.85. The van der Waals surface area contributed by atoms with Crippen molar-refractivity contribution in [2.24, 2.45) is 11.7 Å². The number of amidine groups is 1. The Kier molecular flexibility index (Phi) is 4.80. The number of nitrogens with two attached hydrogens (primary N) is 1. The molecule has 19 heavy (non-hydrogen) atoms. The van der Waals surface area contributed by atoms with E-state index < -0.39 is 24.5 Å². The molecule has 1 rings (SSSR count). The van der Waals surface area contributed by atoms with E-state index >= 15 is 0 Å². The number of alkyl halides is 3. The van der Waals surface area contributed by atoms with Crippen LogP contribution < -0.4 is 10.5 Å². The number of benzene rings is 1. The Hall–Kier alpha value is -1.72. The minimum atomic E-state index is -4.57. The van der Waals surface area contributed by atoms with Gasteiger partial charge in [0.25, 0.3) is 0 Å². The number of ether oxygens (including phenoxy) is 1. The van der Waals surface area contributed by atoms with Gasteiger partial charge in [-0.05, 0) is 23.6 Å². The van der Waals surface area contributed by atoms with Gasteiger partial charge in [0.2, 0.25) is 0 Å². The second kappa shape index (κ2) is 5.95. The molecule has 0 aliphatic rings. The van der Waals surface area contributed by atoms with E-state index in [1.165, 1.54) is 0 Å². The van der Waals surface area contributed by atoms with Gasteiger partial charge in [-0.2, -0.15) is 13.2 Å². The van der Waals surface area contributed by atoms with Crippen LogP contribution in [-0.4, -0.2) is 18.6 Å². The predicted octanol–water partition coefficient (Wildman–Crippen LogP) is 3.30. The van der Waals surface area contributed by atoms with Crippen molar-refractivity contribution in [1.29, 1.82) is 5.41 Å². The molecule has 1 aromatic carbocycles. The van der Waals surface area contributed by atoms with Crippen LogP contribution in [0.4, 0.5) is 13.2 Å². The van der Waals surface area contributed by atoms with Crippen molar-refractivity contribution in [3.05, 3.63) is 29.8 Å². The fraction of sp³-hybridized carbons (Fsp3) is 0.462. The van der Waals surface area contributed by atoms with Crippen molar-refractivity contribution >= 4 is 5.84 Å². The van der Waals surface area contributed by atoms with Crippen molar-refractivity contribution in [3.8, 4) is 5.75 Å². The first kappa shape index (κ1) is 15.3. The zero-order valence-corrected chi connectivity index (χ0v) is 10.8. The lowest BCUT2D eigenvalue weighted by Gasteiger charge is -2.19. The molecule has 0 aromatic heterocycles. The van der Waals surface area contributed by atoms with Gasteiger partial charge in [-0.1, -0.05) is 26.0 Å². The van der Waals surface area contributed by atoms with Crippen LogP contribution in [0.1, 0.15) is 25.3 Å². The van der Waals surface area contributed by atoms with Gasteiger partial charge in [0.15, 0.2) is 0 Å². The molecule has 3 N–H and O–H groups in total. The predicted molar refractivity (Wildman–Crippen MR) is 67.5 cm³/mol. The number of hydrogen-bond acceptors (Lipinski definition) is 2. The monoisotopic (exact) mass is 274 g/mol. The maximum atomic E-state index is 12.6. The summed E-state index contributed by atoms with van der Waals surface area (Å²) in [6.07, 6.45) is -4.57. The van der Waals surface area contributed by atoms with Gasteiger partial charge < -0.3 is 10.5 Å². The first-order valence-electron chi connectivity index (χ1n) is 5.85. The Balaban J connectivity index is 2.75. The van der Waals surface area contributed by atoms with Crippen LogP contribution in [-0.2, 0) is 0 Å². The summed E-state index contributed by atoms with van der Waals surface area (Å²) in [4.78, 5) is 0. The van der Waals surface area contributed by atoms with Crippen LogP contribution in [0.3, 0.4) is 0 Å². The summed E-state index contributed by atoms with van der Waals surface area (Å²) in [5, 5.41) is 6.96. The van der Waals surface area contributed by atoms with Crippen molar-refractivity contribution in [2.45, 2.75) is 25.9 Å². The molecule has 1 aromatic rings. The van der Waals surface area contributed by atoms with E-state index in [-0.39, 0.29) is 5.92 Å². The molecule has 0 bridgehead atoms. The Bertz CT molecular complexity index is 444. The van der Waals surface area contributed by atoms with E-state index in [4.69, 9.17) is 15.9 Å². The third kappa shape index (κ3) is 4.46. The van der Waals surface area contributed by atoms with Crippen LogP contribution in [0.15, 0.2) is 24.3 Å². The van der Waals surface area contributed by atoms with Gasteiger partial charge in [0, 0.05) is 0 Å². The third-order valence-corrected chi connectivity index (χ3v) is 2.71. The Labute approximate surface area is 110 Å². The van der Waals surface area contributed by atoms with Gasteiger partial charge in [-0.3, -0.25) is 5.41 Å². The van der Waals surface area contributed by atoms with Crippen molar-refractivity contribution < 1.29 is 17.9 Å². The summed E-state index contributed by atoms with van der Waals surface area (Å²) in [7, 11) is 0. The minimum absolute atomic E-state index is 0.259. The van der Waals surface area contributed by atoms with Crippen LogP contribution in [0, 0.1) is 11.3 Å². The second-order valence-corrected chi connectivity index (χ2v) is 4.59. The zero-order valence-electron chi connectivity index (χ0n) is 10.8. The summed E-state index contributed by atoms with van der Waals surface area (Å²) < 4.78 is 42.8. The Morgan fingerprint density at radius 2 is 2.00 bits per heavy atom. The highest BCUT2D eigenvalue weighted by molar-refractivity contribution is 5.80. The quantitative estimate of drug-likeness (QED) is 0.639. The Morgan fingerprint density at radius 3 is 2.47 bits per heavy atom. The van der Waals surface area contributed by atoms with Crippen molar-refractivity contribution in [2.75, 3.05) is 6.61 Å². The molecule has 1 unspecified atom stereocenters. The van der Waals surface area contributed by atoms with E-state index in [0.717, 1.165) is 5.56 Å². The van der Waals surface area contributed by atoms with E-state index in [2.05, 4.69) is 0 Å². The molecule has 0 saturated heterocycles. The van der Waals surface area contributed by atoms with Gasteiger partial charge in [0.1, 0.15) is 24.1 Å². The normalized spacial score (nSPS) is 13.4. The average molecular weight is 274 g/mol. The lowest BCUT2D eigenvalue weighted by atomic mass is 10.0. The van der Waals surface area contributed by atoms with Crippen molar-refractivity contribution in [3.63, 3.8) is 0 Å². The smallest absolute Gasteiger partial charge is 0.401 e. The van der Waals surface area contributed by atoms with Gasteiger partial charge in [-0.15, -0.1) is 0 Å². The average Bonchev–Trinajstić information content (AvgIpc) is 2.27. The molecule has 6 heteroatoms. The molecule has 0 heterocycles. The van der Waals surface area contributed by atoms with Crippen LogP contribution in [0.5, 0.6) is 5.75 Å². The molecule has 0 spiro atoms. The molecule has 0 fully saturated rings. The molecule has 0 saturated carbocycles. The van der Waals surface area contributed by atoms with Gasteiger partial charge >= 0.3 is 6.18 Å². The standard InChI is InChI=1S/C13H17F3N2O/c1-8(2)9-4-3-5-10(6-9)19-7-11(12(17)18)13(14,15)16/h3-6,8,11H,7H2,1-2H3,(H3,17,18). The molecule has 0 amide bonds. The molecule has 0 aliphatic carbocycles. The number of hydrogen-bond donors (Lipinski definition) is 2. The largest absolute Gasteiger partial charge is 0.492 e. The second-order valence-electron chi connectivity index (χ2n) is 4.59. The maximum Gasteiger partial charge on any atom is 0.401 e. The highest BCUT2D eigenvalue weighted by atomic mass is 19.4. The molecular formula is C13H17F3N2O. The highest BCUT2D eigenvalue weighted by Gasteiger charge is 2.42. The summed E-state index contributed by atoms with van der Waals surface area (Å²) in [5.41, 5.74) is 5.92. The Morgan fingerprint density at radius 1 is 1.37 bits per heavy atom. The van der Waals surface area contributed by atoms with E-state index in [0.29, 0.717) is 5.75 Å². The molecule has 106 valence electrons. The lowest BCUT2D eigenvalue weighted by Crippen LogP contribution is -2.39. The summed E-state index contributed by atoms with van der Waals surface area (Å²) in [6.45, 7) is 3.28. The van der Waals surface area contributed by atoms with Crippen molar-refractivity contribution in [1.82, 2.24) is 0 Å². The minimum Gasteiger partial charge on any atom is -0.492 e. The molecule has 3 nitrogen and oxygen atoms in total. The number of halogens is 3. The number of nitrogens with one attached hydrogen (secondary N) is 1. The molecule has 0 radical (unpaired) electrons. The summed E-state index contributed by atoms with van der Waals surface area (Å²) in [5.74, 6) is -2.40. The van der Waals surface area contributed by atoms with Crippen LogP contribution >= 0.6 is 0 Å². The van der Waals surface area contributed by atoms with Gasteiger partial charge in [0.05, 0.1) is 0 Å². The van der Waals surface area contributed by atoms with E-state index in [1.807, 2.05) is 19.9 Å². The zero-order chi connectivity index (χ0) is 14.6. The molecular weight excluding hydrogens is 257 g/mol. The van der Waals surface area contributed by atoms with E-state index in [1.54, 1.807) is 18.2 Å². The maximum absolute atomic E-state index is 12.6.